The fraction of sp³-hybridized carbons (Fsp3) is 0.143. The van der Waals surface area contributed by atoms with Crippen LogP contribution in [0.1, 0.15) is 11.1 Å². The first-order chi connectivity index (χ1) is 13.7. The third kappa shape index (κ3) is 4.20. The summed E-state index contributed by atoms with van der Waals surface area (Å²) in [5.41, 5.74) is 2.35. The first-order valence-electron chi connectivity index (χ1n) is 8.77. The Morgan fingerprint density at radius 1 is 1.04 bits per heavy atom. The fourth-order valence-electron chi connectivity index (χ4n) is 2.93. The van der Waals surface area contributed by atoms with E-state index in [1.54, 1.807) is 30.6 Å². The molecule has 2 heterocycles. The van der Waals surface area contributed by atoms with Crippen LogP contribution in [0.15, 0.2) is 67.0 Å². The maximum absolute atomic E-state index is 14.0. The lowest BCUT2D eigenvalue weighted by atomic mass is 10.1. The second-order valence-corrected chi connectivity index (χ2v) is 6.70. The van der Waals surface area contributed by atoms with Crippen LogP contribution in [0.2, 0.25) is 0 Å². The van der Waals surface area contributed by atoms with Gasteiger partial charge in [0.05, 0.1) is 5.69 Å². The smallest absolute Gasteiger partial charge is 0.231 e. The van der Waals surface area contributed by atoms with Crippen molar-refractivity contribution in [2.45, 2.75) is 13.1 Å². The van der Waals surface area contributed by atoms with Crippen LogP contribution < -0.4 is 14.8 Å². The molecular formula is C21H18FN3O2S. The van der Waals surface area contributed by atoms with Crippen molar-refractivity contribution in [1.29, 1.82) is 0 Å². The predicted octanol–water partition coefficient (Wildman–Crippen LogP) is 4.35. The Morgan fingerprint density at radius 2 is 1.86 bits per heavy atom. The summed E-state index contributed by atoms with van der Waals surface area (Å²) >= 11 is 5.59. The van der Waals surface area contributed by atoms with Crippen LogP contribution in [-0.2, 0) is 13.1 Å². The van der Waals surface area contributed by atoms with Gasteiger partial charge >= 0.3 is 0 Å². The summed E-state index contributed by atoms with van der Waals surface area (Å²) in [6.07, 6.45) is 3.51. The predicted molar refractivity (Wildman–Crippen MR) is 109 cm³/mol. The average molecular weight is 395 g/mol. The van der Waals surface area contributed by atoms with Crippen molar-refractivity contribution in [2.75, 3.05) is 12.1 Å². The van der Waals surface area contributed by atoms with Gasteiger partial charge in [-0.25, -0.2) is 4.39 Å². The van der Waals surface area contributed by atoms with Crippen molar-refractivity contribution in [2.24, 2.45) is 0 Å². The van der Waals surface area contributed by atoms with E-state index in [0.29, 0.717) is 29.6 Å². The van der Waals surface area contributed by atoms with E-state index in [1.807, 2.05) is 35.2 Å². The van der Waals surface area contributed by atoms with E-state index in [-0.39, 0.29) is 12.6 Å². The zero-order chi connectivity index (χ0) is 19.3. The SMILES string of the molecule is Fc1ccccc1NC(=S)N(Cc1cccnc1)Cc1ccc2c(c1)OCO2. The monoisotopic (exact) mass is 395 g/mol. The molecule has 4 rings (SSSR count). The zero-order valence-corrected chi connectivity index (χ0v) is 15.8. The fourth-order valence-corrected chi connectivity index (χ4v) is 3.17. The molecule has 1 N–H and O–H groups in total. The van der Waals surface area contributed by atoms with Gasteiger partial charge in [-0.15, -0.1) is 0 Å². The number of para-hydroxylation sites is 1. The Bertz CT molecular complexity index is 984. The first-order valence-corrected chi connectivity index (χ1v) is 9.18. The highest BCUT2D eigenvalue weighted by Crippen LogP contribution is 2.33. The lowest BCUT2D eigenvalue weighted by Crippen LogP contribution is -2.34. The Morgan fingerprint density at radius 3 is 2.68 bits per heavy atom. The van der Waals surface area contributed by atoms with Gasteiger partial charge in [-0.2, -0.15) is 0 Å². The lowest BCUT2D eigenvalue weighted by molar-refractivity contribution is 0.174. The molecule has 3 aromatic rings. The molecule has 1 aromatic heterocycles. The van der Waals surface area contributed by atoms with Crippen molar-refractivity contribution in [1.82, 2.24) is 9.88 Å². The van der Waals surface area contributed by atoms with Crippen LogP contribution in [0.3, 0.4) is 0 Å². The normalized spacial score (nSPS) is 11.9. The second kappa shape index (κ2) is 8.22. The minimum atomic E-state index is -0.353. The number of nitrogens with one attached hydrogen (secondary N) is 1. The van der Waals surface area contributed by atoms with E-state index in [4.69, 9.17) is 21.7 Å². The van der Waals surface area contributed by atoms with E-state index in [0.717, 1.165) is 16.9 Å². The number of anilines is 1. The van der Waals surface area contributed by atoms with Gasteiger partial charge in [0.1, 0.15) is 5.82 Å². The number of pyridine rings is 1. The molecular weight excluding hydrogens is 377 g/mol. The highest BCUT2D eigenvalue weighted by molar-refractivity contribution is 7.80. The molecule has 28 heavy (non-hydrogen) atoms. The van der Waals surface area contributed by atoms with E-state index in [2.05, 4.69) is 10.3 Å². The molecule has 0 atom stereocenters. The lowest BCUT2D eigenvalue weighted by Gasteiger charge is -2.26. The van der Waals surface area contributed by atoms with Gasteiger partial charge in [-0.1, -0.05) is 24.3 Å². The molecule has 5 nitrogen and oxygen atoms in total. The second-order valence-electron chi connectivity index (χ2n) is 6.31. The molecule has 0 radical (unpaired) electrons. The summed E-state index contributed by atoms with van der Waals surface area (Å²) in [7, 11) is 0. The molecule has 0 bridgehead atoms. The molecule has 0 fully saturated rings. The molecule has 0 unspecified atom stereocenters. The highest BCUT2D eigenvalue weighted by Gasteiger charge is 2.17. The van der Waals surface area contributed by atoms with E-state index in [9.17, 15) is 4.39 Å². The average Bonchev–Trinajstić information content (AvgIpc) is 3.18. The minimum absolute atomic E-state index is 0.228. The van der Waals surface area contributed by atoms with E-state index in [1.165, 1.54) is 6.07 Å². The number of nitrogens with zero attached hydrogens (tertiary/aromatic N) is 2. The first kappa shape index (κ1) is 18.2. The van der Waals surface area contributed by atoms with Gasteiger partial charge in [0.25, 0.3) is 0 Å². The Kier molecular flexibility index (Phi) is 5.34. The van der Waals surface area contributed by atoms with Crippen LogP contribution in [-0.4, -0.2) is 21.8 Å². The van der Waals surface area contributed by atoms with E-state index >= 15 is 0 Å². The number of rotatable bonds is 5. The topological polar surface area (TPSA) is 46.6 Å². The summed E-state index contributed by atoms with van der Waals surface area (Å²) in [5, 5.41) is 3.43. The van der Waals surface area contributed by atoms with Crippen molar-refractivity contribution in [3.05, 3.63) is 83.9 Å². The van der Waals surface area contributed by atoms with Gasteiger partial charge in [-0.05, 0) is 53.7 Å². The molecule has 0 aliphatic carbocycles. The Labute approximate surface area is 167 Å². The van der Waals surface area contributed by atoms with Crippen molar-refractivity contribution in [3.8, 4) is 11.5 Å². The molecule has 142 valence electrons. The largest absolute Gasteiger partial charge is 0.454 e. The summed E-state index contributed by atoms with van der Waals surface area (Å²) in [6.45, 7) is 1.28. The van der Waals surface area contributed by atoms with Gasteiger partial charge in [0.15, 0.2) is 16.6 Å². The molecule has 0 saturated heterocycles. The number of benzene rings is 2. The maximum Gasteiger partial charge on any atom is 0.231 e. The molecule has 0 spiro atoms. The minimum Gasteiger partial charge on any atom is -0.454 e. The van der Waals surface area contributed by atoms with E-state index < -0.39 is 0 Å². The highest BCUT2D eigenvalue weighted by atomic mass is 32.1. The molecule has 2 aromatic carbocycles. The van der Waals surface area contributed by atoms with Crippen LogP contribution >= 0.6 is 12.2 Å². The molecule has 0 saturated carbocycles. The number of halogens is 1. The summed E-state index contributed by atoms with van der Waals surface area (Å²) in [6, 6.07) is 16.1. The Hall–Kier alpha value is -3.19. The van der Waals surface area contributed by atoms with Crippen LogP contribution in [0.25, 0.3) is 0 Å². The third-order valence-corrected chi connectivity index (χ3v) is 4.67. The zero-order valence-electron chi connectivity index (χ0n) is 15.0. The van der Waals surface area contributed by atoms with Gasteiger partial charge in [-0.3, -0.25) is 4.98 Å². The number of thiocarbonyl (C=S) groups is 1. The number of hydrogen-bond acceptors (Lipinski definition) is 4. The van der Waals surface area contributed by atoms with Crippen LogP contribution in [0, 0.1) is 5.82 Å². The molecule has 0 amide bonds. The number of fused-ring (bicyclic) bond motifs is 1. The Balaban J connectivity index is 1.56. The van der Waals surface area contributed by atoms with Gasteiger partial charge < -0.3 is 19.7 Å². The standard InChI is InChI=1S/C21H18FN3O2S/c22-17-5-1-2-6-18(17)24-21(28)25(13-16-4-3-9-23-11-16)12-15-7-8-19-20(10-15)27-14-26-19/h1-11H,12-14H2,(H,24,28). The van der Waals surface area contributed by atoms with Gasteiger partial charge in [0, 0.05) is 25.5 Å². The van der Waals surface area contributed by atoms with Crippen LogP contribution in [0.5, 0.6) is 11.5 Å². The number of aromatic nitrogens is 1. The molecule has 1 aliphatic heterocycles. The maximum atomic E-state index is 14.0. The van der Waals surface area contributed by atoms with Crippen molar-refractivity contribution < 1.29 is 13.9 Å². The van der Waals surface area contributed by atoms with Crippen LogP contribution in [0.4, 0.5) is 10.1 Å². The van der Waals surface area contributed by atoms with Gasteiger partial charge in [0.2, 0.25) is 6.79 Å². The quantitative estimate of drug-likeness (QED) is 0.648. The van der Waals surface area contributed by atoms with Crippen molar-refractivity contribution >= 4 is 23.0 Å². The third-order valence-electron chi connectivity index (χ3n) is 4.31. The summed E-state index contributed by atoms with van der Waals surface area (Å²) in [4.78, 5) is 6.12. The molecule has 1 aliphatic rings. The summed E-state index contributed by atoms with van der Waals surface area (Å²) < 4.78 is 24.9. The molecule has 7 heteroatoms. The number of ether oxygens (including phenoxy) is 2. The number of hydrogen-bond donors (Lipinski definition) is 1. The van der Waals surface area contributed by atoms with Crippen molar-refractivity contribution in [3.63, 3.8) is 0 Å². The summed E-state index contributed by atoms with van der Waals surface area (Å²) in [5.74, 6) is 1.09.